The summed E-state index contributed by atoms with van der Waals surface area (Å²) >= 11 is 5.91. The van der Waals surface area contributed by atoms with Crippen LogP contribution in [0.3, 0.4) is 0 Å². The van der Waals surface area contributed by atoms with Gasteiger partial charge in [0.05, 0.1) is 11.3 Å². The highest BCUT2D eigenvalue weighted by Gasteiger charge is 2.12. The van der Waals surface area contributed by atoms with E-state index in [4.69, 9.17) is 16.7 Å². The van der Waals surface area contributed by atoms with Gasteiger partial charge in [-0.3, -0.25) is 4.79 Å². The van der Waals surface area contributed by atoms with Gasteiger partial charge in [0.25, 0.3) is 5.91 Å². The average molecular weight is 302 g/mol. The lowest BCUT2D eigenvalue weighted by Gasteiger charge is -2.09. The van der Waals surface area contributed by atoms with Crippen LogP contribution in [0.5, 0.6) is 5.75 Å². The van der Waals surface area contributed by atoms with Crippen molar-refractivity contribution in [1.29, 1.82) is 0 Å². The molecule has 0 radical (unpaired) electrons. The summed E-state index contributed by atoms with van der Waals surface area (Å²) in [6, 6.07) is 11.1. The Bertz CT molecular complexity index is 732. The Morgan fingerprint density at radius 2 is 2.00 bits per heavy atom. The molecule has 0 saturated carbocycles. The number of carbonyl (C=O) groups is 1. The number of rotatable bonds is 2. The average Bonchev–Trinajstić information content (AvgIpc) is 2.47. The van der Waals surface area contributed by atoms with E-state index in [1.807, 2.05) is 0 Å². The van der Waals surface area contributed by atoms with Crippen molar-refractivity contribution in [1.82, 2.24) is 0 Å². The van der Waals surface area contributed by atoms with E-state index in [-0.39, 0.29) is 17.9 Å². The first-order valence-electron chi connectivity index (χ1n) is 6.10. The number of hydrogen-bond acceptors (Lipinski definition) is 3. The molecule has 0 heterocycles. The maximum absolute atomic E-state index is 12.2. The lowest BCUT2D eigenvalue weighted by molar-refractivity contribution is 0.102. The summed E-state index contributed by atoms with van der Waals surface area (Å²) in [7, 11) is 0. The predicted molar refractivity (Wildman–Crippen MR) is 81.5 cm³/mol. The molecule has 3 N–H and O–H groups in total. The number of amides is 1. The molecule has 21 heavy (non-hydrogen) atoms. The van der Waals surface area contributed by atoms with E-state index in [1.54, 1.807) is 30.3 Å². The highest BCUT2D eigenvalue weighted by atomic mass is 35.5. The first-order valence-corrected chi connectivity index (χ1v) is 6.48. The molecule has 0 aliphatic rings. The second-order valence-electron chi connectivity index (χ2n) is 4.12. The van der Waals surface area contributed by atoms with Crippen molar-refractivity contribution in [2.75, 3.05) is 11.9 Å². The summed E-state index contributed by atoms with van der Waals surface area (Å²) in [4.78, 5) is 12.2. The number of carbonyl (C=O) groups excluding carboxylic acids is 1. The van der Waals surface area contributed by atoms with Crippen LogP contribution in [0, 0.1) is 11.8 Å². The Labute approximate surface area is 127 Å². The molecule has 0 aliphatic carbocycles. The van der Waals surface area contributed by atoms with E-state index < -0.39 is 5.91 Å². The molecule has 5 heteroatoms. The van der Waals surface area contributed by atoms with Crippen molar-refractivity contribution in [3.8, 4) is 17.6 Å². The van der Waals surface area contributed by atoms with Crippen LogP contribution in [-0.4, -0.2) is 22.7 Å². The number of aliphatic hydroxyl groups excluding tert-OH is 1. The predicted octanol–water partition coefficient (Wildman–Crippen LogP) is 2.64. The standard InChI is InChI=1S/C16H12ClNO3/c17-12-8-7-11(4-3-9-19)14(10-12)18-16(21)13-5-1-2-6-15(13)20/h1-2,5-8,10,19-20H,9H2,(H,18,21). The van der Waals surface area contributed by atoms with Gasteiger partial charge in [-0.05, 0) is 30.3 Å². The molecule has 2 rings (SSSR count). The van der Waals surface area contributed by atoms with Crippen LogP contribution in [0.4, 0.5) is 5.69 Å². The van der Waals surface area contributed by atoms with Gasteiger partial charge in [-0.25, -0.2) is 0 Å². The molecule has 0 saturated heterocycles. The molecule has 106 valence electrons. The number of nitrogens with one attached hydrogen (secondary N) is 1. The Morgan fingerprint density at radius 3 is 2.71 bits per heavy atom. The van der Waals surface area contributed by atoms with Crippen LogP contribution >= 0.6 is 11.6 Å². The molecule has 1 amide bonds. The summed E-state index contributed by atoms with van der Waals surface area (Å²) < 4.78 is 0. The second kappa shape index (κ2) is 6.80. The van der Waals surface area contributed by atoms with Crippen LogP contribution in [-0.2, 0) is 0 Å². The maximum Gasteiger partial charge on any atom is 0.259 e. The topological polar surface area (TPSA) is 69.6 Å². The fourth-order valence-corrected chi connectivity index (χ4v) is 1.89. The van der Waals surface area contributed by atoms with Crippen molar-refractivity contribution < 1.29 is 15.0 Å². The Kier molecular flexibility index (Phi) is 4.83. The minimum atomic E-state index is -0.470. The normalized spacial score (nSPS) is 9.62. The minimum absolute atomic E-state index is 0.111. The van der Waals surface area contributed by atoms with Gasteiger partial charge < -0.3 is 15.5 Å². The Hall–Kier alpha value is -2.48. The number of halogens is 1. The van der Waals surface area contributed by atoms with Crippen molar-refractivity contribution in [3.05, 3.63) is 58.6 Å². The molecule has 2 aromatic rings. The summed E-state index contributed by atoms with van der Waals surface area (Å²) in [6.45, 7) is -0.282. The van der Waals surface area contributed by atoms with E-state index in [0.29, 0.717) is 16.3 Å². The third-order valence-corrected chi connectivity index (χ3v) is 2.92. The van der Waals surface area contributed by atoms with Crippen molar-refractivity contribution >= 4 is 23.2 Å². The number of aromatic hydroxyl groups is 1. The van der Waals surface area contributed by atoms with Crippen LogP contribution in [0.15, 0.2) is 42.5 Å². The molecule has 0 spiro atoms. The maximum atomic E-state index is 12.2. The van der Waals surface area contributed by atoms with Crippen molar-refractivity contribution in [2.45, 2.75) is 0 Å². The van der Waals surface area contributed by atoms with E-state index in [0.717, 1.165) is 0 Å². The van der Waals surface area contributed by atoms with Gasteiger partial charge in [0.15, 0.2) is 0 Å². The molecule has 4 nitrogen and oxygen atoms in total. The smallest absolute Gasteiger partial charge is 0.259 e. The first kappa shape index (κ1) is 14.9. The van der Waals surface area contributed by atoms with Gasteiger partial charge in [0.1, 0.15) is 12.4 Å². The van der Waals surface area contributed by atoms with Crippen molar-refractivity contribution in [2.24, 2.45) is 0 Å². The van der Waals surface area contributed by atoms with E-state index in [2.05, 4.69) is 17.2 Å². The van der Waals surface area contributed by atoms with Gasteiger partial charge in [-0.1, -0.05) is 35.6 Å². The molecule has 0 atom stereocenters. The lowest BCUT2D eigenvalue weighted by atomic mass is 10.1. The molecule has 0 unspecified atom stereocenters. The van der Waals surface area contributed by atoms with Gasteiger partial charge >= 0.3 is 0 Å². The number of benzene rings is 2. The number of anilines is 1. The number of hydrogen-bond donors (Lipinski definition) is 3. The third kappa shape index (κ3) is 3.76. The zero-order valence-corrected chi connectivity index (χ0v) is 11.7. The van der Waals surface area contributed by atoms with Gasteiger partial charge in [-0.2, -0.15) is 0 Å². The number of phenols is 1. The zero-order valence-electron chi connectivity index (χ0n) is 10.9. The summed E-state index contributed by atoms with van der Waals surface area (Å²) in [5, 5.41) is 21.5. The molecule has 0 fully saturated rings. The van der Waals surface area contributed by atoms with Crippen LogP contribution in [0.2, 0.25) is 5.02 Å². The van der Waals surface area contributed by atoms with Crippen molar-refractivity contribution in [3.63, 3.8) is 0 Å². The van der Waals surface area contributed by atoms with Crippen LogP contribution in [0.1, 0.15) is 15.9 Å². The highest BCUT2D eigenvalue weighted by Crippen LogP contribution is 2.23. The number of para-hydroxylation sites is 1. The zero-order chi connectivity index (χ0) is 15.2. The van der Waals surface area contributed by atoms with E-state index >= 15 is 0 Å². The number of aliphatic hydroxyl groups is 1. The van der Waals surface area contributed by atoms with Gasteiger partial charge in [0, 0.05) is 10.6 Å². The number of phenolic OH excluding ortho intramolecular Hbond substituents is 1. The molecule has 0 aliphatic heterocycles. The Morgan fingerprint density at radius 1 is 1.24 bits per heavy atom. The third-order valence-electron chi connectivity index (χ3n) is 2.68. The van der Waals surface area contributed by atoms with E-state index in [9.17, 15) is 9.90 Å². The first-order chi connectivity index (χ1) is 10.1. The fraction of sp³-hybridized carbons (Fsp3) is 0.0625. The second-order valence-corrected chi connectivity index (χ2v) is 4.56. The molecule has 0 bridgehead atoms. The molecular weight excluding hydrogens is 290 g/mol. The molecule has 0 aromatic heterocycles. The SMILES string of the molecule is O=C(Nc1cc(Cl)ccc1C#CCO)c1ccccc1O. The fourth-order valence-electron chi connectivity index (χ4n) is 1.72. The van der Waals surface area contributed by atoms with Gasteiger partial charge in [-0.15, -0.1) is 0 Å². The van der Waals surface area contributed by atoms with Crippen LogP contribution in [0.25, 0.3) is 0 Å². The largest absolute Gasteiger partial charge is 0.507 e. The minimum Gasteiger partial charge on any atom is -0.507 e. The molecule has 2 aromatic carbocycles. The summed E-state index contributed by atoms with van der Waals surface area (Å²) in [5.41, 5.74) is 1.09. The van der Waals surface area contributed by atoms with Gasteiger partial charge in [0.2, 0.25) is 0 Å². The van der Waals surface area contributed by atoms with Crippen LogP contribution < -0.4 is 5.32 Å². The quantitative estimate of drug-likeness (QED) is 0.747. The molecular formula is C16H12ClNO3. The summed E-state index contributed by atoms with van der Waals surface area (Å²) in [6.07, 6.45) is 0. The lowest BCUT2D eigenvalue weighted by Crippen LogP contribution is -2.13. The summed E-state index contributed by atoms with van der Waals surface area (Å²) in [5.74, 6) is 4.66. The highest BCUT2D eigenvalue weighted by molar-refractivity contribution is 6.31. The Balaban J connectivity index is 2.33. The monoisotopic (exact) mass is 301 g/mol. The van der Waals surface area contributed by atoms with E-state index in [1.165, 1.54) is 12.1 Å².